The molecule has 1 fully saturated rings. The zero-order valence-corrected chi connectivity index (χ0v) is 10.2. The first-order valence-electron chi connectivity index (χ1n) is 5.68. The number of aromatic nitrogens is 1. The molecule has 0 spiro atoms. The van der Waals surface area contributed by atoms with Crippen molar-refractivity contribution in [2.24, 2.45) is 5.92 Å². The van der Waals surface area contributed by atoms with Gasteiger partial charge < -0.3 is 14.9 Å². The van der Waals surface area contributed by atoms with Gasteiger partial charge in [-0.15, -0.1) is 0 Å². The van der Waals surface area contributed by atoms with E-state index in [1.807, 2.05) is 18.2 Å². The number of nitrogens with two attached hydrogens (primary N) is 1. The summed E-state index contributed by atoms with van der Waals surface area (Å²) >= 11 is 1.48. The molecular formula is C12H14N2O2S. The van der Waals surface area contributed by atoms with Crippen LogP contribution in [0.3, 0.4) is 0 Å². The van der Waals surface area contributed by atoms with Crippen LogP contribution >= 0.6 is 11.8 Å². The molecule has 1 aliphatic carbocycles. The number of hydrogen-bond donors (Lipinski definition) is 1. The second-order valence-electron chi connectivity index (χ2n) is 4.28. The van der Waals surface area contributed by atoms with Gasteiger partial charge in [0.25, 0.3) is 5.22 Å². The Labute approximate surface area is 104 Å². The molecule has 1 aromatic heterocycles. The average molecular weight is 250 g/mol. The molecule has 0 amide bonds. The summed E-state index contributed by atoms with van der Waals surface area (Å²) in [6.45, 7) is 0.861. The molecule has 0 saturated heterocycles. The minimum atomic E-state index is 0.596. The summed E-state index contributed by atoms with van der Waals surface area (Å²) < 4.78 is 11.1. The lowest BCUT2D eigenvalue weighted by atomic mass is 10.3. The molecule has 2 aromatic rings. The van der Waals surface area contributed by atoms with E-state index in [4.69, 9.17) is 14.9 Å². The summed E-state index contributed by atoms with van der Waals surface area (Å²) in [5.41, 5.74) is 7.95. The zero-order valence-electron chi connectivity index (χ0n) is 9.39. The summed E-state index contributed by atoms with van der Waals surface area (Å²) in [4.78, 5) is 4.34. The maximum Gasteiger partial charge on any atom is 0.259 e. The SMILES string of the molecule is Nc1ccc2oc(SCOCC3CC3)nc2c1. The predicted octanol–water partition coefficient (Wildman–Crippen LogP) is 2.89. The maximum atomic E-state index is 5.68. The third-order valence-corrected chi connectivity index (χ3v) is 3.41. The van der Waals surface area contributed by atoms with Gasteiger partial charge in [0.1, 0.15) is 11.5 Å². The lowest BCUT2D eigenvalue weighted by molar-refractivity contribution is 0.170. The van der Waals surface area contributed by atoms with Gasteiger partial charge in [-0.1, -0.05) is 0 Å². The van der Waals surface area contributed by atoms with E-state index >= 15 is 0 Å². The van der Waals surface area contributed by atoms with E-state index in [1.165, 1.54) is 24.6 Å². The third kappa shape index (κ3) is 2.73. The first-order chi connectivity index (χ1) is 8.31. The van der Waals surface area contributed by atoms with Gasteiger partial charge in [-0.25, -0.2) is 4.98 Å². The molecule has 0 radical (unpaired) electrons. The monoisotopic (exact) mass is 250 g/mol. The van der Waals surface area contributed by atoms with E-state index in [0.717, 1.165) is 23.6 Å². The van der Waals surface area contributed by atoms with Gasteiger partial charge in [-0.05, 0) is 48.7 Å². The standard InChI is InChI=1S/C12H14N2O2S/c13-9-3-4-11-10(5-9)14-12(16-11)17-7-15-6-8-1-2-8/h3-5,8H,1-2,6-7,13H2. The quantitative estimate of drug-likeness (QED) is 0.382. The molecule has 0 bridgehead atoms. The van der Waals surface area contributed by atoms with Gasteiger partial charge in [0.2, 0.25) is 0 Å². The largest absolute Gasteiger partial charge is 0.431 e. The highest BCUT2D eigenvalue weighted by Gasteiger charge is 2.21. The Hall–Kier alpha value is -1.20. The third-order valence-electron chi connectivity index (χ3n) is 2.71. The minimum absolute atomic E-state index is 0.596. The molecule has 5 heteroatoms. The number of nitrogen functional groups attached to an aromatic ring is 1. The Bertz CT molecular complexity index is 522. The van der Waals surface area contributed by atoms with Crippen molar-refractivity contribution in [2.75, 3.05) is 18.3 Å². The number of fused-ring (bicyclic) bond motifs is 1. The molecule has 90 valence electrons. The first kappa shape index (κ1) is 10.9. The van der Waals surface area contributed by atoms with Crippen LogP contribution in [0.2, 0.25) is 0 Å². The van der Waals surface area contributed by atoms with E-state index in [2.05, 4.69) is 4.98 Å². The van der Waals surface area contributed by atoms with Gasteiger partial charge in [0.05, 0.1) is 6.61 Å². The van der Waals surface area contributed by atoms with E-state index in [1.54, 1.807) is 0 Å². The predicted molar refractivity (Wildman–Crippen MR) is 67.8 cm³/mol. The molecule has 2 N–H and O–H groups in total. The number of ether oxygens (including phenoxy) is 1. The summed E-state index contributed by atoms with van der Waals surface area (Å²) in [7, 11) is 0. The Morgan fingerprint density at radius 3 is 3.18 bits per heavy atom. The fourth-order valence-corrected chi connectivity index (χ4v) is 2.17. The molecule has 1 aliphatic rings. The Morgan fingerprint density at radius 2 is 2.35 bits per heavy atom. The maximum absolute atomic E-state index is 5.68. The van der Waals surface area contributed by atoms with Crippen LogP contribution in [0.25, 0.3) is 11.1 Å². The first-order valence-corrected chi connectivity index (χ1v) is 6.66. The van der Waals surface area contributed by atoms with E-state index < -0.39 is 0 Å². The number of benzene rings is 1. The molecule has 0 atom stereocenters. The highest BCUT2D eigenvalue weighted by atomic mass is 32.2. The summed E-state index contributed by atoms with van der Waals surface area (Å²) in [6.07, 6.45) is 2.62. The van der Waals surface area contributed by atoms with Crippen molar-refractivity contribution >= 4 is 28.5 Å². The number of hydrogen-bond acceptors (Lipinski definition) is 5. The number of thioether (sulfide) groups is 1. The fraction of sp³-hybridized carbons (Fsp3) is 0.417. The van der Waals surface area contributed by atoms with Crippen LogP contribution in [0.5, 0.6) is 0 Å². The summed E-state index contributed by atoms with van der Waals surface area (Å²) in [5.74, 6) is 1.39. The Kier molecular flexibility index (Phi) is 2.94. The van der Waals surface area contributed by atoms with Crippen LogP contribution in [0.15, 0.2) is 27.8 Å². The number of anilines is 1. The molecule has 4 nitrogen and oxygen atoms in total. The van der Waals surface area contributed by atoms with Gasteiger partial charge in [-0.3, -0.25) is 0 Å². The molecule has 1 saturated carbocycles. The lowest BCUT2D eigenvalue weighted by Gasteiger charge is -1.98. The van der Waals surface area contributed by atoms with Crippen LogP contribution in [-0.2, 0) is 4.74 Å². The molecule has 17 heavy (non-hydrogen) atoms. The van der Waals surface area contributed by atoms with Crippen LogP contribution in [0, 0.1) is 5.92 Å². The normalized spacial score (nSPS) is 15.5. The lowest BCUT2D eigenvalue weighted by Crippen LogP contribution is -1.94. The second-order valence-corrected chi connectivity index (χ2v) is 5.16. The number of rotatable bonds is 5. The molecule has 3 rings (SSSR count). The topological polar surface area (TPSA) is 61.3 Å². The van der Waals surface area contributed by atoms with Crippen molar-refractivity contribution < 1.29 is 9.15 Å². The summed E-state index contributed by atoms with van der Waals surface area (Å²) in [5, 5.41) is 0.640. The van der Waals surface area contributed by atoms with Crippen molar-refractivity contribution in [3.05, 3.63) is 18.2 Å². The second kappa shape index (κ2) is 4.58. The van der Waals surface area contributed by atoms with Crippen LogP contribution in [-0.4, -0.2) is 17.5 Å². The fourth-order valence-electron chi connectivity index (χ4n) is 1.58. The molecule has 1 aromatic carbocycles. The van der Waals surface area contributed by atoms with Gasteiger partial charge in [0, 0.05) is 5.69 Å². The van der Waals surface area contributed by atoms with E-state index in [9.17, 15) is 0 Å². The minimum Gasteiger partial charge on any atom is -0.431 e. The summed E-state index contributed by atoms with van der Waals surface area (Å²) in [6, 6.07) is 5.46. The highest BCUT2D eigenvalue weighted by molar-refractivity contribution is 7.98. The Balaban J connectivity index is 1.60. The van der Waals surface area contributed by atoms with Gasteiger partial charge in [-0.2, -0.15) is 0 Å². The molecule has 0 unspecified atom stereocenters. The number of oxazole rings is 1. The van der Waals surface area contributed by atoms with Crippen molar-refractivity contribution in [3.8, 4) is 0 Å². The van der Waals surface area contributed by atoms with Crippen molar-refractivity contribution in [3.63, 3.8) is 0 Å². The van der Waals surface area contributed by atoms with Crippen LogP contribution < -0.4 is 5.73 Å². The Morgan fingerprint density at radius 1 is 1.47 bits per heavy atom. The van der Waals surface area contributed by atoms with Crippen molar-refractivity contribution in [2.45, 2.75) is 18.1 Å². The van der Waals surface area contributed by atoms with Gasteiger partial charge in [0.15, 0.2) is 5.58 Å². The van der Waals surface area contributed by atoms with E-state index in [-0.39, 0.29) is 0 Å². The highest BCUT2D eigenvalue weighted by Crippen LogP contribution is 2.30. The smallest absolute Gasteiger partial charge is 0.259 e. The zero-order chi connectivity index (χ0) is 11.7. The molecular weight excluding hydrogens is 236 g/mol. The molecule has 0 aliphatic heterocycles. The van der Waals surface area contributed by atoms with Crippen LogP contribution in [0.1, 0.15) is 12.8 Å². The number of nitrogens with zero attached hydrogens (tertiary/aromatic N) is 1. The van der Waals surface area contributed by atoms with E-state index in [0.29, 0.717) is 16.8 Å². The van der Waals surface area contributed by atoms with Gasteiger partial charge >= 0.3 is 0 Å². The van der Waals surface area contributed by atoms with Crippen LogP contribution in [0.4, 0.5) is 5.69 Å². The molecule has 1 heterocycles. The van der Waals surface area contributed by atoms with Crippen molar-refractivity contribution in [1.29, 1.82) is 0 Å². The average Bonchev–Trinajstić information content (AvgIpc) is 3.04. The van der Waals surface area contributed by atoms with Crippen molar-refractivity contribution in [1.82, 2.24) is 4.98 Å².